The molecule has 0 aliphatic carbocycles. The number of hydrogen-bond acceptors (Lipinski definition) is 2. The topological polar surface area (TPSA) is 40.5 Å². The molecule has 18 heavy (non-hydrogen) atoms. The van der Waals surface area contributed by atoms with Gasteiger partial charge in [0.05, 0.1) is 11.3 Å². The second-order valence-corrected chi connectivity index (χ2v) is 4.81. The lowest BCUT2D eigenvalue weighted by Crippen LogP contribution is -2.34. The molecule has 1 aromatic rings. The van der Waals surface area contributed by atoms with E-state index in [0.29, 0.717) is 5.69 Å². The lowest BCUT2D eigenvalue weighted by Gasteiger charge is -2.33. The zero-order valence-electron chi connectivity index (χ0n) is 10.5. The average molecular weight is 251 g/mol. The van der Waals surface area contributed by atoms with E-state index >= 15 is 0 Å². The molecule has 1 saturated heterocycles. The van der Waals surface area contributed by atoms with E-state index in [1.165, 1.54) is 12.5 Å². The van der Waals surface area contributed by atoms with Crippen LogP contribution >= 0.6 is 0 Å². The molecule has 1 aliphatic rings. The zero-order valence-corrected chi connectivity index (χ0v) is 10.5. The molecular weight excluding hydrogens is 233 g/mol. The minimum atomic E-state index is -1.09. The highest BCUT2D eigenvalue weighted by Crippen LogP contribution is 2.27. The highest BCUT2D eigenvalue weighted by atomic mass is 19.1. The van der Waals surface area contributed by atoms with E-state index in [4.69, 9.17) is 5.11 Å². The average Bonchev–Trinajstić information content (AvgIpc) is 2.38. The van der Waals surface area contributed by atoms with Crippen LogP contribution in [0.1, 0.15) is 36.5 Å². The van der Waals surface area contributed by atoms with Crippen LogP contribution in [0.15, 0.2) is 18.2 Å². The highest BCUT2D eigenvalue weighted by Gasteiger charge is 2.20. The summed E-state index contributed by atoms with van der Waals surface area (Å²) in [5, 5.41) is 8.80. The molecular formula is C14H18FNO2. The summed E-state index contributed by atoms with van der Waals surface area (Å²) in [5.74, 6) is -0.794. The second kappa shape index (κ2) is 5.38. The number of hydrogen-bond donors (Lipinski definition) is 1. The van der Waals surface area contributed by atoms with E-state index in [0.717, 1.165) is 37.9 Å². The number of halogens is 1. The molecule has 0 radical (unpaired) electrons. The van der Waals surface area contributed by atoms with Gasteiger partial charge in [0.1, 0.15) is 5.82 Å². The lowest BCUT2D eigenvalue weighted by molar-refractivity contribution is 0.0696. The summed E-state index contributed by atoms with van der Waals surface area (Å²) in [6.45, 7) is 3.88. The van der Waals surface area contributed by atoms with Crippen LogP contribution in [0.2, 0.25) is 0 Å². The van der Waals surface area contributed by atoms with Gasteiger partial charge in [0.2, 0.25) is 0 Å². The van der Waals surface area contributed by atoms with Crippen molar-refractivity contribution >= 4 is 11.7 Å². The molecule has 2 rings (SSSR count). The largest absolute Gasteiger partial charge is 0.478 e. The van der Waals surface area contributed by atoms with Crippen LogP contribution in [0.5, 0.6) is 0 Å². The number of aromatic carboxylic acids is 1. The van der Waals surface area contributed by atoms with Gasteiger partial charge in [-0.15, -0.1) is 0 Å². The van der Waals surface area contributed by atoms with Gasteiger partial charge in [-0.25, -0.2) is 9.18 Å². The first-order valence-corrected chi connectivity index (χ1v) is 6.39. The van der Waals surface area contributed by atoms with E-state index in [2.05, 4.69) is 6.92 Å². The molecule has 1 fully saturated rings. The number of carboxylic acid groups (broad SMARTS) is 1. The van der Waals surface area contributed by atoms with E-state index in [1.807, 2.05) is 4.90 Å². The van der Waals surface area contributed by atoms with Crippen molar-refractivity contribution in [1.82, 2.24) is 0 Å². The Kier molecular flexibility index (Phi) is 3.84. The summed E-state index contributed by atoms with van der Waals surface area (Å²) in [4.78, 5) is 12.7. The molecule has 1 aliphatic heterocycles. The summed E-state index contributed by atoms with van der Waals surface area (Å²) in [7, 11) is 0. The van der Waals surface area contributed by atoms with Gasteiger partial charge < -0.3 is 10.0 Å². The van der Waals surface area contributed by atoms with Gasteiger partial charge in [-0.1, -0.05) is 13.3 Å². The maximum atomic E-state index is 13.9. The molecule has 0 saturated carbocycles. The van der Waals surface area contributed by atoms with Crippen LogP contribution in [0.3, 0.4) is 0 Å². The van der Waals surface area contributed by atoms with Crippen molar-refractivity contribution in [2.45, 2.75) is 26.2 Å². The Balaban J connectivity index is 2.12. The Hall–Kier alpha value is -1.58. The number of nitrogens with zero attached hydrogens (tertiary/aromatic N) is 1. The van der Waals surface area contributed by atoms with Gasteiger partial charge in [0.25, 0.3) is 0 Å². The van der Waals surface area contributed by atoms with Crippen molar-refractivity contribution in [3.63, 3.8) is 0 Å². The SMILES string of the molecule is CCC1CCN(c2ccc(C(=O)O)cc2F)CC1. The molecule has 1 N–H and O–H groups in total. The third kappa shape index (κ3) is 2.63. The fourth-order valence-electron chi connectivity index (χ4n) is 2.48. The minimum absolute atomic E-state index is 0.000283. The summed E-state index contributed by atoms with van der Waals surface area (Å²) < 4.78 is 13.9. The van der Waals surface area contributed by atoms with Gasteiger partial charge in [0.15, 0.2) is 0 Å². The number of rotatable bonds is 3. The smallest absolute Gasteiger partial charge is 0.335 e. The van der Waals surface area contributed by atoms with E-state index in [-0.39, 0.29) is 5.56 Å². The number of benzene rings is 1. The number of piperidine rings is 1. The number of carbonyl (C=O) groups is 1. The molecule has 0 amide bonds. The molecule has 4 heteroatoms. The van der Waals surface area contributed by atoms with Crippen molar-refractivity contribution in [1.29, 1.82) is 0 Å². The summed E-state index contributed by atoms with van der Waals surface area (Å²) in [5.41, 5.74) is 0.522. The molecule has 0 aromatic heterocycles. The fraction of sp³-hybridized carbons (Fsp3) is 0.500. The summed E-state index contributed by atoms with van der Waals surface area (Å²) in [6.07, 6.45) is 3.33. The quantitative estimate of drug-likeness (QED) is 0.897. The summed E-state index contributed by atoms with van der Waals surface area (Å²) >= 11 is 0. The molecule has 98 valence electrons. The van der Waals surface area contributed by atoms with Crippen molar-refractivity contribution < 1.29 is 14.3 Å². The zero-order chi connectivity index (χ0) is 13.1. The number of carboxylic acids is 1. The minimum Gasteiger partial charge on any atom is -0.478 e. The fourth-order valence-corrected chi connectivity index (χ4v) is 2.48. The van der Waals surface area contributed by atoms with Gasteiger partial charge in [-0.2, -0.15) is 0 Å². The predicted molar refractivity (Wildman–Crippen MR) is 68.6 cm³/mol. The van der Waals surface area contributed by atoms with Crippen LogP contribution in [-0.4, -0.2) is 24.2 Å². The Bertz CT molecular complexity index is 439. The van der Waals surface area contributed by atoms with Gasteiger partial charge in [-0.05, 0) is 37.0 Å². The molecule has 0 spiro atoms. The van der Waals surface area contributed by atoms with E-state index < -0.39 is 11.8 Å². The van der Waals surface area contributed by atoms with Crippen molar-refractivity contribution in [3.05, 3.63) is 29.6 Å². The van der Waals surface area contributed by atoms with Crippen molar-refractivity contribution in [2.24, 2.45) is 5.92 Å². The van der Waals surface area contributed by atoms with Crippen LogP contribution in [-0.2, 0) is 0 Å². The standard InChI is InChI=1S/C14H18FNO2/c1-2-10-5-7-16(8-6-10)13-4-3-11(14(17)18)9-12(13)15/h3-4,9-10H,2,5-8H2,1H3,(H,17,18). The third-order valence-electron chi connectivity index (χ3n) is 3.73. The number of anilines is 1. The molecule has 1 aromatic carbocycles. The first kappa shape index (κ1) is 12.9. The molecule has 1 heterocycles. The van der Waals surface area contributed by atoms with Crippen molar-refractivity contribution in [3.8, 4) is 0 Å². The van der Waals surface area contributed by atoms with Gasteiger partial charge in [0, 0.05) is 13.1 Å². The predicted octanol–water partition coefficient (Wildman–Crippen LogP) is 3.15. The van der Waals surface area contributed by atoms with Crippen LogP contribution in [0.25, 0.3) is 0 Å². The lowest BCUT2D eigenvalue weighted by atomic mass is 9.94. The normalized spacial score (nSPS) is 16.9. The Labute approximate surface area is 106 Å². The monoisotopic (exact) mass is 251 g/mol. The van der Waals surface area contributed by atoms with Crippen LogP contribution < -0.4 is 4.90 Å². The van der Waals surface area contributed by atoms with E-state index in [9.17, 15) is 9.18 Å². The first-order chi connectivity index (χ1) is 8.61. The van der Waals surface area contributed by atoms with Gasteiger partial charge in [-0.3, -0.25) is 0 Å². The molecule has 0 atom stereocenters. The van der Waals surface area contributed by atoms with Crippen LogP contribution in [0, 0.1) is 11.7 Å². The van der Waals surface area contributed by atoms with Crippen LogP contribution in [0.4, 0.5) is 10.1 Å². The second-order valence-electron chi connectivity index (χ2n) is 4.81. The molecule has 0 bridgehead atoms. The third-order valence-corrected chi connectivity index (χ3v) is 3.73. The highest BCUT2D eigenvalue weighted by molar-refractivity contribution is 5.88. The summed E-state index contributed by atoms with van der Waals surface area (Å²) in [6, 6.07) is 4.14. The van der Waals surface area contributed by atoms with Crippen molar-refractivity contribution in [2.75, 3.05) is 18.0 Å². The molecule has 3 nitrogen and oxygen atoms in total. The maximum Gasteiger partial charge on any atom is 0.335 e. The van der Waals surface area contributed by atoms with Gasteiger partial charge >= 0.3 is 5.97 Å². The molecule has 0 unspecified atom stereocenters. The first-order valence-electron chi connectivity index (χ1n) is 6.39. The Morgan fingerprint density at radius 1 is 1.44 bits per heavy atom. The Morgan fingerprint density at radius 3 is 2.61 bits per heavy atom. The maximum absolute atomic E-state index is 13.9. The van der Waals surface area contributed by atoms with E-state index in [1.54, 1.807) is 6.07 Å². The Morgan fingerprint density at radius 2 is 2.11 bits per heavy atom.